The standard InChI is InChI=1S/C26H34Cl2N2O/c1-26(2,3)25(31)30-15-14-21(17-30)19(11-12-20-6-4-5-7-22(20)27)10-8-18-9-13-24(29)23(28)16-18/h4-7,9,13,16,19,21H,8,10-12,14-15,17,29H2,1-3H3/t19?,21-/m0/s1. The molecule has 168 valence electrons. The van der Waals surface area contributed by atoms with Gasteiger partial charge in [0.15, 0.2) is 0 Å². The number of halogens is 2. The van der Waals surface area contributed by atoms with Crippen LogP contribution in [0.15, 0.2) is 42.5 Å². The van der Waals surface area contributed by atoms with Crippen molar-refractivity contribution >= 4 is 34.8 Å². The Labute approximate surface area is 196 Å². The van der Waals surface area contributed by atoms with Gasteiger partial charge in [-0.05, 0) is 73.3 Å². The molecule has 0 saturated carbocycles. The fourth-order valence-electron chi connectivity index (χ4n) is 4.57. The number of carbonyl (C=O) groups is 1. The summed E-state index contributed by atoms with van der Waals surface area (Å²) in [6.07, 6.45) is 5.10. The van der Waals surface area contributed by atoms with Gasteiger partial charge in [-0.15, -0.1) is 0 Å². The van der Waals surface area contributed by atoms with E-state index in [4.69, 9.17) is 28.9 Å². The minimum Gasteiger partial charge on any atom is -0.398 e. The van der Waals surface area contributed by atoms with Crippen molar-refractivity contribution in [2.75, 3.05) is 18.8 Å². The molecule has 1 amide bonds. The van der Waals surface area contributed by atoms with Gasteiger partial charge >= 0.3 is 0 Å². The molecule has 1 aliphatic heterocycles. The second kappa shape index (κ2) is 10.3. The molecule has 1 fully saturated rings. The number of carbonyl (C=O) groups excluding carboxylic acids is 1. The van der Waals surface area contributed by atoms with Crippen LogP contribution in [-0.4, -0.2) is 23.9 Å². The lowest BCUT2D eigenvalue weighted by Crippen LogP contribution is -2.38. The Kier molecular flexibility index (Phi) is 7.93. The molecule has 3 nitrogen and oxygen atoms in total. The lowest BCUT2D eigenvalue weighted by molar-refractivity contribution is -0.138. The van der Waals surface area contributed by atoms with Crippen LogP contribution in [0, 0.1) is 17.3 Å². The third-order valence-electron chi connectivity index (χ3n) is 6.43. The largest absolute Gasteiger partial charge is 0.398 e. The summed E-state index contributed by atoms with van der Waals surface area (Å²) in [5, 5.41) is 1.45. The molecule has 1 saturated heterocycles. The molecule has 1 heterocycles. The molecule has 2 N–H and O–H groups in total. The summed E-state index contributed by atoms with van der Waals surface area (Å²) in [7, 11) is 0. The van der Waals surface area contributed by atoms with E-state index in [1.165, 1.54) is 11.1 Å². The monoisotopic (exact) mass is 460 g/mol. The molecule has 2 atom stereocenters. The summed E-state index contributed by atoms with van der Waals surface area (Å²) < 4.78 is 0. The molecule has 5 heteroatoms. The number of aryl methyl sites for hydroxylation is 2. The van der Waals surface area contributed by atoms with Crippen LogP contribution in [0.1, 0.15) is 51.2 Å². The van der Waals surface area contributed by atoms with Gasteiger partial charge in [-0.3, -0.25) is 4.79 Å². The molecule has 3 rings (SSSR count). The number of rotatable bonds is 7. The topological polar surface area (TPSA) is 46.3 Å². The van der Waals surface area contributed by atoms with E-state index >= 15 is 0 Å². The van der Waals surface area contributed by atoms with Crippen molar-refractivity contribution in [3.63, 3.8) is 0 Å². The average molecular weight is 461 g/mol. The quantitative estimate of drug-likeness (QED) is 0.469. The second-order valence-corrected chi connectivity index (χ2v) is 10.6. The summed E-state index contributed by atoms with van der Waals surface area (Å²) >= 11 is 12.6. The van der Waals surface area contributed by atoms with Gasteiger partial charge in [0.2, 0.25) is 5.91 Å². The van der Waals surface area contributed by atoms with Gasteiger partial charge in [0, 0.05) is 23.5 Å². The van der Waals surface area contributed by atoms with E-state index in [0.717, 1.165) is 50.2 Å². The third-order valence-corrected chi connectivity index (χ3v) is 7.13. The van der Waals surface area contributed by atoms with E-state index in [9.17, 15) is 4.79 Å². The predicted molar refractivity (Wildman–Crippen MR) is 132 cm³/mol. The minimum atomic E-state index is -0.331. The first kappa shape index (κ1) is 23.9. The van der Waals surface area contributed by atoms with E-state index in [1.807, 2.05) is 51.1 Å². The predicted octanol–water partition coefficient (Wildman–Crippen LogP) is 6.65. The SMILES string of the molecule is CC(C)(C)C(=O)N1CC[C@H](C(CCc2ccc(N)c(Cl)c2)CCc2ccccc2Cl)C1. The smallest absolute Gasteiger partial charge is 0.227 e. The Morgan fingerprint density at radius 1 is 1.10 bits per heavy atom. The lowest BCUT2D eigenvalue weighted by Gasteiger charge is -2.28. The molecule has 2 aromatic carbocycles. The van der Waals surface area contributed by atoms with E-state index in [2.05, 4.69) is 17.0 Å². The number of hydrogen-bond donors (Lipinski definition) is 1. The van der Waals surface area contributed by atoms with Crippen LogP contribution in [0.25, 0.3) is 0 Å². The number of nitrogens with zero attached hydrogens (tertiary/aromatic N) is 1. The normalized spacial score (nSPS) is 17.7. The van der Waals surface area contributed by atoms with Crippen LogP contribution < -0.4 is 5.73 Å². The van der Waals surface area contributed by atoms with Crippen molar-refractivity contribution in [3.8, 4) is 0 Å². The first-order valence-corrected chi connectivity index (χ1v) is 12.0. The number of anilines is 1. The van der Waals surface area contributed by atoms with Gasteiger partial charge < -0.3 is 10.6 Å². The summed E-state index contributed by atoms with van der Waals surface area (Å²) in [6.45, 7) is 7.72. The Morgan fingerprint density at radius 2 is 1.81 bits per heavy atom. The number of nitrogen functional groups attached to an aromatic ring is 1. The third kappa shape index (κ3) is 6.40. The minimum absolute atomic E-state index is 0.255. The van der Waals surface area contributed by atoms with Crippen molar-refractivity contribution in [1.82, 2.24) is 4.90 Å². The number of amides is 1. The van der Waals surface area contributed by atoms with Gasteiger partial charge in [-0.2, -0.15) is 0 Å². The highest BCUT2D eigenvalue weighted by Gasteiger charge is 2.35. The van der Waals surface area contributed by atoms with Gasteiger partial charge in [-0.25, -0.2) is 0 Å². The lowest BCUT2D eigenvalue weighted by atomic mass is 9.82. The first-order valence-electron chi connectivity index (χ1n) is 11.2. The van der Waals surface area contributed by atoms with E-state index < -0.39 is 0 Å². The Balaban J connectivity index is 1.70. The van der Waals surface area contributed by atoms with Crippen LogP contribution in [0.3, 0.4) is 0 Å². The van der Waals surface area contributed by atoms with Gasteiger partial charge in [0.1, 0.15) is 0 Å². The van der Waals surface area contributed by atoms with Crippen LogP contribution in [-0.2, 0) is 17.6 Å². The molecule has 1 unspecified atom stereocenters. The zero-order valence-electron chi connectivity index (χ0n) is 18.8. The highest BCUT2D eigenvalue weighted by Crippen LogP contribution is 2.34. The highest BCUT2D eigenvalue weighted by molar-refractivity contribution is 6.33. The van der Waals surface area contributed by atoms with Crippen molar-refractivity contribution in [2.24, 2.45) is 17.3 Å². The van der Waals surface area contributed by atoms with E-state index in [1.54, 1.807) is 0 Å². The molecular weight excluding hydrogens is 427 g/mol. The number of hydrogen-bond acceptors (Lipinski definition) is 2. The summed E-state index contributed by atoms with van der Waals surface area (Å²) in [4.78, 5) is 14.9. The summed E-state index contributed by atoms with van der Waals surface area (Å²) in [5.74, 6) is 1.29. The van der Waals surface area contributed by atoms with Crippen LogP contribution in [0.5, 0.6) is 0 Å². The Hall–Kier alpha value is -1.71. The van der Waals surface area contributed by atoms with Crippen LogP contribution >= 0.6 is 23.2 Å². The molecular formula is C26H34Cl2N2O. The molecule has 0 bridgehead atoms. The van der Waals surface area contributed by atoms with Crippen molar-refractivity contribution in [1.29, 1.82) is 0 Å². The maximum Gasteiger partial charge on any atom is 0.227 e. The molecule has 0 aromatic heterocycles. The highest BCUT2D eigenvalue weighted by atomic mass is 35.5. The molecule has 1 aliphatic rings. The maximum absolute atomic E-state index is 12.8. The summed E-state index contributed by atoms with van der Waals surface area (Å²) in [6, 6.07) is 14.0. The maximum atomic E-state index is 12.8. The Bertz CT molecular complexity index is 907. The fraction of sp³-hybridized carbons (Fsp3) is 0.500. The van der Waals surface area contributed by atoms with Gasteiger partial charge in [-0.1, -0.05) is 68.2 Å². The number of benzene rings is 2. The molecule has 0 spiro atoms. The van der Waals surface area contributed by atoms with Gasteiger partial charge in [0.05, 0.1) is 10.7 Å². The fourth-order valence-corrected chi connectivity index (χ4v) is 5.00. The van der Waals surface area contributed by atoms with Crippen molar-refractivity contribution < 1.29 is 4.79 Å². The van der Waals surface area contributed by atoms with Crippen LogP contribution in [0.4, 0.5) is 5.69 Å². The van der Waals surface area contributed by atoms with Crippen molar-refractivity contribution in [3.05, 3.63) is 63.6 Å². The zero-order chi connectivity index (χ0) is 22.6. The first-order chi connectivity index (χ1) is 14.6. The molecule has 31 heavy (non-hydrogen) atoms. The molecule has 0 aliphatic carbocycles. The second-order valence-electron chi connectivity index (χ2n) is 9.83. The zero-order valence-corrected chi connectivity index (χ0v) is 20.3. The Morgan fingerprint density at radius 3 is 2.48 bits per heavy atom. The average Bonchev–Trinajstić information content (AvgIpc) is 3.20. The van der Waals surface area contributed by atoms with E-state index in [0.29, 0.717) is 22.5 Å². The number of nitrogens with two attached hydrogens (primary N) is 1. The van der Waals surface area contributed by atoms with Crippen LogP contribution in [0.2, 0.25) is 10.0 Å². The van der Waals surface area contributed by atoms with Gasteiger partial charge in [0.25, 0.3) is 0 Å². The van der Waals surface area contributed by atoms with E-state index in [-0.39, 0.29) is 11.3 Å². The summed E-state index contributed by atoms with van der Waals surface area (Å²) in [5.41, 5.74) is 8.56. The van der Waals surface area contributed by atoms with Crippen molar-refractivity contribution in [2.45, 2.75) is 52.9 Å². The number of likely N-dealkylation sites (tertiary alicyclic amines) is 1. The molecule has 2 aromatic rings. The molecule has 0 radical (unpaired) electrons.